The van der Waals surface area contributed by atoms with Crippen molar-refractivity contribution in [2.24, 2.45) is 0 Å². The quantitative estimate of drug-likeness (QED) is 0.816. The smallest absolute Gasteiger partial charge is 0.315 e. The Morgan fingerprint density at radius 2 is 1.86 bits per heavy atom. The number of carbonyl (C=O) groups is 1. The van der Waals surface area contributed by atoms with Crippen molar-refractivity contribution in [3.05, 3.63) is 65.2 Å². The maximum Gasteiger partial charge on any atom is 0.315 e. The van der Waals surface area contributed by atoms with Crippen LogP contribution in [-0.2, 0) is 5.75 Å². The molecule has 0 saturated heterocycles. The van der Waals surface area contributed by atoms with Gasteiger partial charge < -0.3 is 15.7 Å². The van der Waals surface area contributed by atoms with Crippen molar-refractivity contribution in [3.8, 4) is 0 Å². The number of benzene rings is 2. The maximum absolute atomic E-state index is 12.1. The van der Waals surface area contributed by atoms with Gasteiger partial charge in [-0.15, -0.1) is 11.8 Å². The summed E-state index contributed by atoms with van der Waals surface area (Å²) in [7, 11) is 0. The van der Waals surface area contributed by atoms with E-state index in [-0.39, 0.29) is 25.2 Å². The summed E-state index contributed by atoms with van der Waals surface area (Å²) in [6, 6.07) is 15.9. The van der Waals surface area contributed by atoms with Crippen LogP contribution in [0.15, 0.2) is 53.4 Å². The summed E-state index contributed by atoms with van der Waals surface area (Å²) in [5, 5.41) is 14.5. The van der Waals surface area contributed by atoms with Gasteiger partial charge in [0.2, 0.25) is 0 Å². The van der Waals surface area contributed by atoms with Crippen molar-refractivity contribution in [2.45, 2.75) is 16.7 Å². The molecule has 3 N–H and O–H groups in total. The van der Waals surface area contributed by atoms with Crippen molar-refractivity contribution in [1.29, 1.82) is 0 Å². The minimum Gasteiger partial charge on any atom is -0.395 e. The number of aliphatic hydroxyl groups is 1. The Labute approximate surface area is 133 Å². The van der Waals surface area contributed by atoms with Crippen LogP contribution in [-0.4, -0.2) is 24.3 Å². The number of carbonyl (C=O) groups excluding carboxylic acids is 1. The largest absolute Gasteiger partial charge is 0.395 e. The van der Waals surface area contributed by atoms with Gasteiger partial charge in [0, 0.05) is 17.2 Å². The molecule has 1 unspecified atom stereocenters. The maximum atomic E-state index is 12.1. The van der Waals surface area contributed by atoms with E-state index in [1.54, 1.807) is 11.8 Å². The first-order valence-corrected chi connectivity index (χ1v) is 8.23. The Morgan fingerprint density at radius 3 is 2.68 bits per heavy atom. The molecule has 114 valence electrons. The van der Waals surface area contributed by atoms with E-state index in [4.69, 9.17) is 5.11 Å². The van der Waals surface area contributed by atoms with Crippen LogP contribution in [0.3, 0.4) is 0 Å². The molecule has 0 spiro atoms. The monoisotopic (exact) mass is 314 g/mol. The normalized spacial score (nSPS) is 16.1. The first kappa shape index (κ1) is 14.9. The molecule has 1 atom stereocenters. The number of nitrogens with one attached hydrogen (secondary N) is 2. The van der Waals surface area contributed by atoms with E-state index in [2.05, 4.69) is 34.9 Å². The van der Waals surface area contributed by atoms with Gasteiger partial charge in [0.1, 0.15) is 0 Å². The second-order valence-corrected chi connectivity index (χ2v) is 6.10. The Hall–Kier alpha value is -1.98. The molecule has 22 heavy (non-hydrogen) atoms. The predicted molar refractivity (Wildman–Crippen MR) is 87.9 cm³/mol. The van der Waals surface area contributed by atoms with Crippen molar-refractivity contribution < 1.29 is 9.90 Å². The lowest BCUT2D eigenvalue weighted by Gasteiger charge is -2.21. The van der Waals surface area contributed by atoms with Crippen LogP contribution in [0, 0.1) is 0 Å². The summed E-state index contributed by atoms with van der Waals surface area (Å²) in [5.41, 5.74) is 3.46. The fourth-order valence-electron chi connectivity index (χ4n) is 2.63. The van der Waals surface area contributed by atoms with E-state index in [9.17, 15) is 4.79 Å². The van der Waals surface area contributed by atoms with Gasteiger partial charge in [-0.05, 0) is 22.8 Å². The summed E-state index contributed by atoms with van der Waals surface area (Å²) in [5.74, 6) is 0.892. The average molecular weight is 314 g/mol. The molecular weight excluding hydrogens is 296 g/mol. The standard InChI is InChI=1S/C17H18N2O2S/c20-10-9-18-17(21)19-16-13-6-2-1-5-12(13)11-22-15-8-4-3-7-14(15)16/h1-8,16,20H,9-11H2,(H2,18,19,21). The van der Waals surface area contributed by atoms with Crippen LogP contribution in [0.1, 0.15) is 22.7 Å². The lowest BCUT2D eigenvalue weighted by molar-refractivity contribution is 0.232. The van der Waals surface area contributed by atoms with Crippen LogP contribution in [0.2, 0.25) is 0 Å². The van der Waals surface area contributed by atoms with Crippen LogP contribution in [0.5, 0.6) is 0 Å². The van der Waals surface area contributed by atoms with Crippen LogP contribution >= 0.6 is 11.8 Å². The lowest BCUT2D eigenvalue weighted by Crippen LogP contribution is -2.39. The molecule has 0 aromatic heterocycles. The summed E-state index contributed by atoms with van der Waals surface area (Å²) in [6.07, 6.45) is 0. The molecule has 1 aliphatic rings. The van der Waals surface area contributed by atoms with Gasteiger partial charge in [-0.1, -0.05) is 42.5 Å². The van der Waals surface area contributed by atoms with Crippen LogP contribution in [0.25, 0.3) is 0 Å². The Kier molecular flexibility index (Phi) is 4.65. The van der Waals surface area contributed by atoms with E-state index in [1.807, 2.05) is 24.3 Å². The number of fused-ring (bicyclic) bond motifs is 2. The highest BCUT2D eigenvalue weighted by molar-refractivity contribution is 7.98. The second-order valence-electron chi connectivity index (χ2n) is 5.08. The molecule has 0 saturated carbocycles. The molecule has 3 rings (SSSR count). The molecule has 5 heteroatoms. The van der Waals surface area contributed by atoms with Crippen molar-refractivity contribution in [2.75, 3.05) is 13.2 Å². The number of hydrogen-bond acceptors (Lipinski definition) is 3. The van der Waals surface area contributed by atoms with Gasteiger partial charge in [-0.3, -0.25) is 0 Å². The number of hydrogen-bond donors (Lipinski definition) is 3. The molecular formula is C17H18N2O2S. The number of urea groups is 1. The first-order chi connectivity index (χ1) is 10.8. The van der Waals surface area contributed by atoms with Gasteiger partial charge in [0.15, 0.2) is 0 Å². The molecule has 0 bridgehead atoms. The van der Waals surface area contributed by atoms with Crippen LogP contribution in [0.4, 0.5) is 4.79 Å². The van der Waals surface area contributed by atoms with Crippen molar-refractivity contribution in [3.63, 3.8) is 0 Å². The number of amides is 2. The van der Waals surface area contributed by atoms with Gasteiger partial charge in [0.25, 0.3) is 0 Å². The zero-order valence-electron chi connectivity index (χ0n) is 12.1. The lowest BCUT2D eigenvalue weighted by atomic mass is 9.95. The van der Waals surface area contributed by atoms with Crippen LogP contribution < -0.4 is 10.6 Å². The molecule has 1 heterocycles. The van der Waals surface area contributed by atoms with Crippen molar-refractivity contribution in [1.82, 2.24) is 10.6 Å². The number of aliphatic hydroxyl groups excluding tert-OH is 1. The fourth-order valence-corrected chi connectivity index (χ4v) is 3.73. The number of rotatable bonds is 3. The Bertz CT molecular complexity index is 628. The Balaban J connectivity index is 1.97. The van der Waals surface area contributed by atoms with E-state index in [1.165, 1.54) is 10.5 Å². The molecule has 1 aliphatic heterocycles. The minimum atomic E-state index is -0.268. The predicted octanol–water partition coefficient (Wildman–Crippen LogP) is 2.67. The molecule has 0 radical (unpaired) electrons. The highest BCUT2D eigenvalue weighted by Crippen LogP contribution is 2.39. The second kappa shape index (κ2) is 6.85. The zero-order chi connectivity index (χ0) is 15.4. The Morgan fingerprint density at radius 1 is 1.14 bits per heavy atom. The molecule has 0 aliphatic carbocycles. The SMILES string of the molecule is O=C(NCCO)NC1c2ccccc2CSc2ccccc21. The molecule has 2 amide bonds. The van der Waals surface area contributed by atoms with E-state index in [0.29, 0.717) is 0 Å². The summed E-state index contributed by atoms with van der Waals surface area (Å²) >= 11 is 1.79. The molecule has 0 fully saturated rings. The van der Waals surface area contributed by atoms with Gasteiger partial charge >= 0.3 is 6.03 Å². The summed E-state index contributed by atoms with van der Waals surface area (Å²) < 4.78 is 0. The summed E-state index contributed by atoms with van der Waals surface area (Å²) in [6.45, 7) is 0.178. The molecule has 2 aromatic carbocycles. The summed E-state index contributed by atoms with van der Waals surface area (Å²) in [4.78, 5) is 13.2. The third-order valence-electron chi connectivity index (χ3n) is 3.65. The first-order valence-electron chi connectivity index (χ1n) is 7.24. The van der Waals surface area contributed by atoms with E-state index >= 15 is 0 Å². The average Bonchev–Trinajstić information content (AvgIpc) is 2.71. The zero-order valence-corrected chi connectivity index (χ0v) is 12.9. The van der Waals surface area contributed by atoms with E-state index < -0.39 is 0 Å². The van der Waals surface area contributed by atoms with Gasteiger partial charge in [0.05, 0.1) is 12.6 Å². The third kappa shape index (κ3) is 3.10. The third-order valence-corrected chi connectivity index (χ3v) is 4.79. The highest BCUT2D eigenvalue weighted by Gasteiger charge is 2.24. The number of thioether (sulfide) groups is 1. The minimum absolute atomic E-state index is 0.0683. The van der Waals surface area contributed by atoms with Gasteiger partial charge in [-0.25, -0.2) is 4.79 Å². The van der Waals surface area contributed by atoms with Gasteiger partial charge in [-0.2, -0.15) is 0 Å². The highest BCUT2D eigenvalue weighted by atomic mass is 32.2. The molecule has 4 nitrogen and oxygen atoms in total. The van der Waals surface area contributed by atoms with Crippen molar-refractivity contribution >= 4 is 17.8 Å². The fraction of sp³-hybridized carbons (Fsp3) is 0.235. The van der Waals surface area contributed by atoms with E-state index in [0.717, 1.165) is 16.9 Å². The molecule has 2 aromatic rings. The topological polar surface area (TPSA) is 61.4 Å².